The Hall–Kier alpha value is -0.600. The third kappa shape index (κ3) is 3.69. The van der Waals surface area contributed by atoms with Crippen LogP contribution in [0.1, 0.15) is 38.5 Å². The van der Waals surface area contributed by atoms with Crippen LogP contribution in [0, 0.1) is 5.92 Å². The van der Waals surface area contributed by atoms with Gasteiger partial charge in [0.1, 0.15) is 0 Å². The van der Waals surface area contributed by atoms with Gasteiger partial charge < -0.3 is 11.1 Å². The van der Waals surface area contributed by atoms with E-state index in [1.165, 1.54) is 38.5 Å². The molecule has 1 aliphatic rings. The van der Waals surface area contributed by atoms with Crippen LogP contribution in [0.25, 0.3) is 0 Å². The quantitative estimate of drug-likeness (QED) is 0.593. The minimum Gasteiger partial charge on any atom is -0.399 e. The average Bonchev–Trinajstić information content (AvgIpc) is 2.79. The number of nitrogens with one attached hydrogen (secondary N) is 1. The van der Waals surface area contributed by atoms with Gasteiger partial charge in [-0.25, -0.2) is 0 Å². The van der Waals surface area contributed by atoms with Gasteiger partial charge in [-0.15, -0.1) is 0 Å². The highest BCUT2D eigenvalue weighted by Crippen LogP contribution is 2.33. The largest absolute Gasteiger partial charge is 0.399 e. The van der Waals surface area contributed by atoms with E-state index in [1.54, 1.807) is 12.1 Å². The maximum absolute atomic E-state index is 6.11. The number of anilines is 2. The summed E-state index contributed by atoms with van der Waals surface area (Å²) >= 11 is 12.2. The Balaban J connectivity index is 1.79. The molecule has 1 aliphatic carbocycles. The van der Waals surface area contributed by atoms with E-state index < -0.39 is 0 Å². The molecule has 0 heterocycles. The molecular weight excluding hydrogens is 267 g/mol. The summed E-state index contributed by atoms with van der Waals surface area (Å²) in [4.78, 5) is 0. The second kappa shape index (κ2) is 6.53. The van der Waals surface area contributed by atoms with Gasteiger partial charge in [0.15, 0.2) is 0 Å². The minimum atomic E-state index is 0.598. The van der Waals surface area contributed by atoms with Crippen LogP contribution in [0.3, 0.4) is 0 Å². The predicted octanol–water partition coefficient (Wildman–Crippen LogP) is 4.96. The van der Waals surface area contributed by atoms with E-state index in [0.29, 0.717) is 15.7 Å². The van der Waals surface area contributed by atoms with E-state index in [4.69, 9.17) is 28.9 Å². The molecule has 0 spiro atoms. The van der Waals surface area contributed by atoms with Crippen molar-refractivity contribution in [1.82, 2.24) is 0 Å². The van der Waals surface area contributed by atoms with Crippen molar-refractivity contribution >= 4 is 34.6 Å². The first-order valence-corrected chi connectivity index (χ1v) is 7.41. The molecule has 0 aromatic heterocycles. The van der Waals surface area contributed by atoms with E-state index in [2.05, 4.69) is 5.32 Å². The highest BCUT2D eigenvalue weighted by atomic mass is 35.5. The molecule has 0 bridgehead atoms. The normalized spacial score (nSPS) is 16.1. The van der Waals surface area contributed by atoms with Gasteiger partial charge in [-0.05, 0) is 30.9 Å². The Morgan fingerprint density at radius 1 is 1.17 bits per heavy atom. The monoisotopic (exact) mass is 286 g/mol. The third-order valence-electron chi connectivity index (χ3n) is 3.63. The van der Waals surface area contributed by atoms with Crippen LogP contribution in [-0.4, -0.2) is 6.54 Å². The number of nitrogen functional groups attached to an aromatic ring is 1. The number of benzene rings is 1. The topological polar surface area (TPSA) is 38.0 Å². The smallest absolute Gasteiger partial charge is 0.0720 e. The number of hydrogen-bond donors (Lipinski definition) is 2. The molecule has 2 rings (SSSR count). The summed E-state index contributed by atoms with van der Waals surface area (Å²) < 4.78 is 0. The van der Waals surface area contributed by atoms with E-state index >= 15 is 0 Å². The number of nitrogens with two attached hydrogens (primary N) is 1. The zero-order valence-electron chi connectivity index (χ0n) is 10.5. The van der Waals surface area contributed by atoms with Crippen LogP contribution in [0.5, 0.6) is 0 Å². The number of rotatable bonds is 5. The molecule has 0 atom stereocenters. The van der Waals surface area contributed by atoms with Crippen molar-refractivity contribution in [3.05, 3.63) is 22.2 Å². The summed E-state index contributed by atoms with van der Waals surface area (Å²) in [5, 5.41) is 4.51. The van der Waals surface area contributed by atoms with Gasteiger partial charge in [0.2, 0.25) is 0 Å². The second-order valence-electron chi connectivity index (χ2n) is 5.08. The van der Waals surface area contributed by atoms with Crippen LogP contribution < -0.4 is 11.1 Å². The van der Waals surface area contributed by atoms with Crippen molar-refractivity contribution in [3.63, 3.8) is 0 Å². The maximum atomic E-state index is 6.11. The van der Waals surface area contributed by atoms with Crippen LogP contribution >= 0.6 is 23.2 Å². The van der Waals surface area contributed by atoms with Crippen molar-refractivity contribution in [2.24, 2.45) is 5.92 Å². The Kier molecular flexibility index (Phi) is 5.02. The molecule has 1 saturated carbocycles. The Morgan fingerprint density at radius 2 is 1.78 bits per heavy atom. The summed E-state index contributed by atoms with van der Waals surface area (Å²) in [5.74, 6) is 0.934. The lowest BCUT2D eigenvalue weighted by Crippen LogP contribution is -2.05. The van der Waals surface area contributed by atoms with Gasteiger partial charge in [-0.1, -0.05) is 48.9 Å². The molecule has 18 heavy (non-hydrogen) atoms. The van der Waals surface area contributed by atoms with E-state index in [1.807, 2.05) is 0 Å². The molecule has 3 N–H and O–H groups in total. The Labute approximate surface area is 119 Å². The third-order valence-corrected chi connectivity index (χ3v) is 4.23. The highest BCUT2D eigenvalue weighted by Gasteiger charge is 2.14. The number of halogens is 2. The summed E-state index contributed by atoms with van der Waals surface area (Å²) in [6.45, 7) is 0.917. The van der Waals surface area contributed by atoms with Gasteiger partial charge in [0, 0.05) is 12.2 Å². The van der Waals surface area contributed by atoms with Crippen LogP contribution in [0.2, 0.25) is 10.0 Å². The van der Waals surface area contributed by atoms with Crippen molar-refractivity contribution in [2.75, 3.05) is 17.6 Å². The van der Waals surface area contributed by atoms with Crippen molar-refractivity contribution in [2.45, 2.75) is 38.5 Å². The lowest BCUT2D eigenvalue weighted by Gasteiger charge is -2.13. The van der Waals surface area contributed by atoms with E-state index in [9.17, 15) is 0 Å². The van der Waals surface area contributed by atoms with Gasteiger partial charge in [0.25, 0.3) is 0 Å². The first-order chi connectivity index (χ1) is 8.66. The zero-order valence-corrected chi connectivity index (χ0v) is 12.0. The minimum absolute atomic E-state index is 0.598. The lowest BCUT2D eigenvalue weighted by atomic mass is 10.0. The maximum Gasteiger partial charge on any atom is 0.0720 e. The summed E-state index contributed by atoms with van der Waals surface area (Å²) in [6.07, 6.45) is 8.10. The van der Waals surface area contributed by atoms with Crippen LogP contribution in [0.4, 0.5) is 11.4 Å². The molecule has 0 unspecified atom stereocenters. The van der Waals surface area contributed by atoms with Crippen molar-refractivity contribution in [3.8, 4) is 0 Å². The summed E-state index contributed by atoms with van der Waals surface area (Å²) in [5.41, 5.74) is 7.07. The molecule has 0 aliphatic heterocycles. The molecule has 0 amide bonds. The molecule has 0 radical (unpaired) electrons. The second-order valence-corrected chi connectivity index (χ2v) is 5.89. The van der Waals surface area contributed by atoms with E-state index in [-0.39, 0.29) is 0 Å². The molecule has 2 nitrogen and oxygen atoms in total. The fraction of sp³-hybridized carbons (Fsp3) is 0.571. The fourth-order valence-corrected chi connectivity index (χ4v) is 3.30. The molecule has 1 aromatic carbocycles. The van der Waals surface area contributed by atoms with E-state index in [0.717, 1.165) is 18.2 Å². The zero-order chi connectivity index (χ0) is 13.0. The standard InChI is InChI=1S/C14H20Cl2N2/c15-12-8-11(17)9-13(16)14(12)18-7-3-6-10-4-1-2-5-10/h8-10,18H,1-7,17H2. The highest BCUT2D eigenvalue weighted by molar-refractivity contribution is 6.39. The van der Waals surface area contributed by atoms with Gasteiger partial charge in [-0.3, -0.25) is 0 Å². The molecular formula is C14H20Cl2N2. The first-order valence-electron chi connectivity index (χ1n) is 6.65. The molecule has 100 valence electrons. The number of hydrogen-bond acceptors (Lipinski definition) is 2. The van der Waals surface area contributed by atoms with Gasteiger partial charge in [-0.2, -0.15) is 0 Å². The van der Waals surface area contributed by atoms with Gasteiger partial charge >= 0.3 is 0 Å². The molecule has 4 heteroatoms. The lowest BCUT2D eigenvalue weighted by molar-refractivity contribution is 0.491. The van der Waals surface area contributed by atoms with Crippen molar-refractivity contribution < 1.29 is 0 Å². The van der Waals surface area contributed by atoms with Crippen molar-refractivity contribution in [1.29, 1.82) is 0 Å². The first kappa shape index (κ1) is 13.8. The fourth-order valence-electron chi connectivity index (χ4n) is 2.66. The summed E-state index contributed by atoms with van der Waals surface area (Å²) in [6, 6.07) is 3.46. The molecule has 1 aromatic rings. The average molecular weight is 287 g/mol. The predicted molar refractivity (Wildman–Crippen MR) is 80.6 cm³/mol. The Bertz CT molecular complexity index is 378. The summed E-state index contributed by atoms with van der Waals surface area (Å²) in [7, 11) is 0. The van der Waals surface area contributed by atoms with Gasteiger partial charge in [0.05, 0.1) is 15.7 Å². The van der Waals surface area contributed by atoms with Crippen LogP contribution in [-0.2, 0) is 0 Å². The molecule has 1 fully saturated rings. The SMILES string of the molecule is Nc1cc(Cl)c(NCCCC2CCCC2)c(Cl)c1. The molecule has 0 saturated heterocycles. The Morgan fingerprint density at radius 3 is 2.39 bits per heavy atom. The van der Waals surface area contributed by atoms with Crippen LogP contribution in [0.15, 0.2) is 12.1 Å².